The molecule has 1 N–H and O–H groups in total. The van der Waals surface area contributed by atoms with E-state index in [1.54, 1.807) is 24.3 Å². The Hall–Kier alpha value is -3.17. The number of thiophene rings is 1. The number of ether oxygens (including phenoxy) is 2. The molecule has 150 valence electrons. The van der Waals surface area contributed by atoms with E-state index in [4.69, 9.17) is 21.1 Å². The lowest BCUT2D eigenvalue weighted by Crippen LogP contribution is -2.16. The van der Waals surface area contributed by atoms with Gasteiger partial charge in [-0.3, -0.25) is 14.9 Å². The Morgan fingerprint density at radius 2 is 2.14 bits per heavy atom. The van der Waals surface area contributed by atoms with Crippen molar-refractivity contribution in [3.05, 3.63) is 62.0 Å². The quantitative estimate of drug-likeness (QED) is 0.332. The Labute approximate surface area is 174 Å². The zero-order valence-corrected chi connectivity index (χ0v) is 17.0. The van der Waals surface area contributed by atoms with Crippen molar-refractivity contribution in [2.75, 3.05) is 13.7 Å². The number of fused-ring (bicyclic) bond motifs is 1. The number of nitrogens with one attached hydrogen (secondary N) is 1. The summed E-state index contributed by atoms with van der Waals surface area (Å²) in [5.74, 6) is 0.476. The fourth-order valence-electron chi connectivity index (χ4n) is 2.58. The van der Waals surface area contributed by atoms with Crippen LogP contribution in [0.25, 0.3) is 10.1 Å². The van der Waals surface area contributed by atoms with Crippen molar-refractivity contribution in [2.45, 2.75) is 6.92 Å². The number of hydrazone groups is 1. The molecule has 0 spiro atoms. The number of non-ortho nitro benzene ring substituents is 1. The molecule has 0 aliphatic carbocycles. The Morgan fingerprint density at radius 1 is 1.34 bits per heavy atom. The predicted molar refractivity (Wildman–Crippen MR) is 113 cm³/mol. The van der Waals surface area contributed by atoms with Gasteiger partial charge < -0.3 is 9.47 Å². The molecule has 0 unspecified atom stereocenters. The number of nitrogens with zero attached hydrogens (tertiary/aromatic N) is 2. The molecule has 1 aromatic heterocycles. The van der Waals surface area contributed by atoms with Crippen LogP contribution in [0.4, 0.5) is 5.69 Å². The first-order valence-electron chi connectivity index (χ1n) is 8.44. The van der Waals surface area contributed by atoms with Gasteiger partial charge in [0.15, 0.2) is 11.5 Å². The summed E-state index contributed by atoms with van der Waals surface area (Å²) in [4.78, 5) is 23.1. The zero-order valence-electron chi connectivity index (χ0n) is 15.5. The molecule has 0 bridgehead atoms. The van der Waals surface area contributed by atoms with Gasteiger partial charge >= 0.3 is 0 Å². The van der Waals surface area contributed by atoms with Crippen LogP contribution in [0, 0.1) is 10.1 Å². The molecule has 1 heterocycles. The molecular formula is C19H16ClN3O5S. The van der Waals surface area contributed by atoms with Crippen LogP contribution in [0.1, 0.15) is 22.2 Å². The third kappa shape index (κ3) is 4.64. The number of hydrogen-bond acceptors (Lipinski definition) is 7. The minimum atomic E-state index is -0.475. The Kier molecular flexibility index (Phi) is 6.30. The molecular weight excluding hydrogens is 418 g/mol. The van der Waals surface area contributed by atoms with Crippen molar-refractivity contribution in [3.63, 3.8) is 0 Å². The fourth-order valence-corrected chi connectivity index (χ4v) is 3.78. The van der Waals surface area contributed by atoms with Gasteiger partial charge in [0.1, 0.15) is 0 Å². The molecule has 29 heavy (non-hydrogen) atoms. The van der Waals surface area contributed by atoms with Gasteiger partial charge in [0, 0.05) is 22.2 Å². The fraction of sp³-hybridized carbons (Fsp3) is 0.158. The van der Waals surface area contributed by atoms with Gasteiger partial charge in [0.25, 0.3) is 11.6 Å². The summed E-state index contributed by atoms with van der Waals surface area (Å²) in [5, 5.41) is 15.8. The second-order valence-corrected chi connectivity index (χ2v) is 7.25. The molecule has 1 amide bonds. The van der Waals surface area contributed by atoms with Crippen LogP contribution >= 0.6 is 22.9 Å². The lowest BCUT2D eigenvalue weighted by Gasteiger charge is -2.11. The molecule has 2 aromatic carbocycles. The number of amides is 1. The van der Waals surface area contributed by atoms with E-state index in [1.807, 2.05) is 6.92 Å². The Morgan fingerprint density at radius 3 is 2.83 bits per heavy atom. The van der Waals surface area contributed by atoms with Gasteiger partial charge in [-0.15, -0.1) is 11.3 Å². The van der Waals surface area contributed by atoms with Crippen LogP contribution in [0.2, 0.25) is 5.02 Å². The van der Waals surface area contributed by atoms with Gasteiger partial charge in [-0.2, -0.15) is 5.10 Å². The molecule has 3 aromatic rings. The highest BCUT2D eigenvalue weighted by Crippen LogP contribution is 2.36. The second-order valence-electron chi connectivity index (χ2n) is 5.76. The summed E-state index contributed by atoms with van der Waals surface area (Å²) < 4.78 is 11.5. The number of nitro groups is 1. The van der Waals surface area contributed by atoms with Crippen LogP contribution in [0.3, 0.4) is 0 Å². The van der Waals surface area contributed by atoms with Crippen LogP contribution in [-0.2, 0) is 0 Å². The SMILES string of the molecule is CCOc1c(Cl)cc(C=NNC(=O)c2cc3cc([N+](=O)[O-])ccc3s2)cc1OC. The first kappa shape index (κ1) is 20.6. The summed E-state index contributed by atoms with van der Waals surface area (Å²) in [6.07, 6.45) is 1.43. The standard InChI is InChI=1S/C19H16ClN3O5S/c1-3-28-18-14(20)6-11(7-15(18)27-2)10-21-22-19(24)17-9-12-8-13(23(25)26)4-5-16(12)29-17/h4-10H,3H2,1-2H3,(H,22,24). The number of carbonyl (C=O) groups is 1. The summed E-state index contributed by atoms with van der Waals surface area (Å²) in [6, 6.07) is 9.37. The summed E-state index contributed by atoms with van der Waals surface area (Å²) in [7, 11) is 1.50. The van der Waals surface area contributed by atoms with Crippen LogP contribution in [0.5, 0.6) is 11.5 Å². The van der Waals surface area contributed by atoms with Crippen LogP contribution in [0.15, 0.2) is 41.5 Å². The van der Waals surface area contributed by atoms with Gasteiger partial charge in [-0.05, 0) is 36.8 Å². The number of benzene rings is 2. The Balaban J connectivity index is 1.75. The minimum Gasteiger partial charge on any atom is -0.493 e. The minimum absolute atomic E-state index is 0.0263. The van der Waals surface area contributed by atoms with Gasteiger partial charge in [-0.25, -0.2) is 5.43 Å². The van der Waals surface area contributed by atoms with Crippen LogP contribution < -0.4 is 14.9 Å². The molecule has 0 aliphatic rings. The molecule has 0 radical (unpaired) electrons. The lowest BCUT2D eigenvalue weighted by molar-refractivity contribution is -0.384. The molecule has 0 aliphatic heterocycles. The third-order valence-electron chi connectivity index (χ3n) is 3.85. The highest BCUT2D eigenvalue weighted by molar-refractivity contribution is 7.20. The molecule has 0 saturated heterocycles. The van der Waals surface area contributed by atoms with E-state index in [2.05, 4.69) is 10.5 Å². The van der Waals surface area contributed by atoms with Crippen molar-refractivity contribution in [1.82, 2.24) is 5.43 Å². The highest BCUT2D eigenvalue weighted by atomic mass is 35.5. The van der Waals surface area contributed by atoms with Gasteiger partial charge in [-0.1, -0.05) is 11.6 Å². The predicted octanol–water partition coefficient (Wildman–Crippen LogP) is 4.63. The molecule has 3 rings (SSSR count). The van der Waals surface area contributed by atoms with Gasteiger partial charge in [0.05, 0.1) is 34.8 Å². The van der Waals surface area contributed by atoms with E-state index in [-0.39, 0.29) is 5.69 Å². The molecule has 0 atom stereocenters. The average molecular weight is 434 g/mol. The average Bonchev–Trinajstić information content (AvgIpc) is 3.13. The first-order valence-corrected chi connectivity index (χ1v) is 9.64. The van der Waals surface area contributed by atoms with E-state index in [1.165, 1.54) is 36.8 Å². The smallest absolute Gasteiger partial charge is 0.281 e. The second kappa shape index (κ2) is 8.89. The topological polar surface area (TPSA) is 103 Å². The number of halogens is 1. The van der Waals surface area contributed by atoms with Crippen molar-refractivity contribution in [3.8, 4) is 11.5 Å². The van der Waals surface area contributed by atoms with Crippen molar-refractivity contribution >= 4 is 50.8 Å². The van der Waals surface area contributed by atoms with Crippen LogP contribution in [-0.4, -0.2) is 30.8 Å². The Bertz CT molecular complexity index is 1110. The number of hydrogen-bond donors (Lipinski definition) is 1. The maximum Gasteiger partial charge on any atom is 0.281 e. The zero-order chi connectivity index (χ0) is 21.0. The number of carbonyl (C=O) groups excluding carboxylic acids is 1. The summed E-state index contributed by atoms with van der Waals surface area (Å²) in [6.45, 7) is 2.28. The monoisotopic (exact) mass is 433 g/mol. The van der Waals surface area contributed by atoms with E-state index in [0.717, 1.165) is 4.70 Å². The maximum atomic E-state index is 12.3. The normalized spacial score (nSPS) is 11.0. The third-order valence-corrected chi connectivity index (χ3v) is 5.25. The lowest BCUT2D eigenvalue weighted by atomic mass is 10.2. The first-order chi connectivity index (χ1) is 13.9. The van der Waals surface area contributed by atoms with Crippen molar-refractivity contribution in [1.29, 1.82) is 0 Å². The van der Waals surface area contributed by atoms with Crippen molar-refractivity contribution < 1.29 is 19.2 Å². The van der Waals surface area contributed by atoms with Gasteiger partial charge in [0.2, 0.25) is 0 Å². The largest absolute Gasteiger partial charge is 0.493 e. The van der Waals surface area contributed by atoms with E-state index < -0.39 is 10.8 Å². The maximum absolute atomic E-state index is 12.3. The summed E-state index contributed by atoms with van der Waals surface area (Å²) >= 11 is 7.43. The number of methoxy groups -OCH3 is 1. The van der Waals surface area contributed by atoms with Crippen molar-refractivity contribution in [2.24, 2.45) is 5.10 Å². The van der Waals surface area contributed by atoms with E-state index >= 15 is 0 Å². The number of rotatable bonds is 7. The van der Waals surface area contributed by atoms with E-state index in [9.17, 15) is 14.9 Å². The van der Waals surface area contributed by atoms with E-state index in [0.29, 0.717) is 39.0 Å². The highest BCUT2D eigenvalue weighted by Gasteiger charge is 2.13. The summed E-state index contributed by atoms with van der Waals surface area (Å²) in [5.41, 5.74) is 3.02. The molecule has 0 saturated carbocycles. The number of nitro benzene ring substituents is 1. The molecule has 8 nitrogen and oxygen atoms in total. The molecule has 10 heteroatoms. The molecule has 0 fully saturated rings.